The van der Waals surface area contributed by atoms with Crippen LogP contribution in [0.4, 0.5) is 0 Å². The van der Waals surface area contributed by atoms with Crippen molar-refractivity contribution in [2.24, 2.45) is 4.99 Å². The molecule has 0 saturated heterocycles. The van der Waals surface area contributed by atoms with Crippen LogP contribution < -0.4 is 19.6 Å². The Labute approximate surface area is 253 Å². The minimum Gasteiger partial charge on any atom is -0.496 e. The molecule has 5 rings (SSSR count). The van der Waals surface area contributed by atoms with Gasteiger partial charge in [0.1, 0.15) is 11.8 Å². The number of thiazole rings is 1. The Morgan fingerprint density at radius 3 is 2.47 bits per heavy atom. The lowest BCUT2D eigenvalue weighted by Gasteiger charge is -2.25. The Bertz CT molecular complexity index is 1980. The third-order valence-electron chi connectivity index (χ3n) is 7.66. The van der Waals surface area contributed by atoms with Gasteiger partial charge in [0.25, 0.3) is 5.56 Å². The highest BCUT2D eigenvalue weighted by atomic mass is 32.1. The number of methoxy groups -OCH3 is 2. The molecule has 0 aliphatic carbocycles. The van der Waals surface area contributed by atoms with Crippen LogP contribution in [-0.2, 0) is 14.3 Å². The molecule has 1 atom stereocenters. The van der Waals surface area contributed by atoms with Crippen LogP contribution in [0.25, 0.3) is 11.8 Å². The van der Waals surface area contributed by atoms with Crippen LogP contribution in [0.2, 0.25) is 0 Å². The molecule has 43 heavy (non-hydrogen) atoms. The molecule has 2 aromatic heterocycles. The highest BCUT2D eigenvalue weighted by Gasteiger charge is 2.35. The number of hydrogen-bond donors (Lipinski definition) is 0. The standard InChI is InChI=1S/C33H33N3O6S/c1-8-42-32(39)28-20(4)34-33-36(29(28)24-12-9-10-15-26(24)40-6)30(37)27(43-33)17-22-16-18(2)35(21(22)5)25-14-11-13-23(19(25)3)31(38)41-7/h9-17,29H,8H2,1-7H3/b27-17+/t29-/m0/s1. The number of rotatable bonds is 7. The molecular formula is C33H33N3O6S. The molecule has 4 aromatic rings. The maximum Gasteiger partial charge on any atom is 0.338 e. The number of nitrogens with zero attached hydrogens (tertiary/aromatic N) is 3. The van der Waals surface area contributed by atoms with Gasteiger partial charge in [-0.15, -0.1) is 0 Å². The molecule has 1 aliphatic rings. The number of para-hydroxylation sites is 1. The van der Waals surface area contributed by atoms with E-state index in [-0.39, 0.29) is 12.2 Å². The minimum absolute atomic E-state index is 0.191. The third kappa shape index (κ3) is 5.12. The van der Waals surface area contributed by atoms with E-state index in [4.69, 9.17) is 14.2 Å². The molecular weight excluding hydrogens is 566 g/mol. The van der Waals surface area contributed by atoms with E-state index in [9.17, 15) is 14.4 Å². The zero-order valence-electron chi connectivity index (χ0n) is 25.2. The van der Waals surface area contributed by atoms with Gasteiger partial charge in [-0.05, 0) is 76.1 Å². The first kappa shape index (κ1) is 29.8. The summed E-state index contributed by atoms with van der Waals surface area (Å²) in [6.45, 7) is 9.53. The summed E-state index contributed by atoms with van der Waals surface area (Å²) in [5.41, 5.74) is 5.99. The molecule has 0 fully saturated rings. The van der Waals surface area contributed by atoms with Crippen LogP contribution in [0.15, 0.2) is 69.6 Å². The van der Waals surface area contributed by atoms with Crippen molar-refractivity contribution in [3.8, 4) is 11.4 Å². The Morgan fingerprint density at radius 2 is 1.77 bits per heavy atom. The summed E-state index contributed by atoms with van der Waals surface area (Å²) >= 11 is 1.26. The lowest BCUT2D eigenvalue weighted by atomic mass is 9.95. The van der Waals surface area contributed by atoms with Crippen molar-refractivity contribution in [2.75, 3.05) is 20.8 Å². The van der Waals surface area contributed by atoms with Crippen LogP contribution in [0.1, 0.15) is 58.3 Å². The van der Waals surface area contributed by atoms with Crippen LogP contribution in [-0.4, -0.2) is 41.9 Å². The number of fused-ring (bicyclic) bond motifs is 1. The molecule has 0 N–H and O–H groups in total. The number of aryl methyl sites for hydroxylation is 1. The molecule has 2 aromatic carbocycles. The van der Waals surface area contributed by atoms with Crippen molar-refractivity contribution < 1.29 is 23.8 Å². The fourth-order valence-electron chi connectivity index (χ4n) is 5.62. The normalized spacial score (nSPS) is 14.8. The van der Waals surface area contributed by atoms with E-state index in [0.717, 1.165) is 28.2 Å². The van der Waals surface area contributed by atoms with E-state index in [1.54, 1.807) is 37.7 Å². The van der Waals surface area contributed by atoms with E-state index >= 15 is 0 Å². The Kier molecular flexibility index (Phi) is 8.23. The van der Waals surface area contributed by atoms with Crippen molar-refractivity contribution in [3.63, 3.8) is 0 Å². The largest absolute Gasteiger partial charge is 0.496 e. The van der Waals surface area contributed by atoms with Gasteiger partial charge in [0.2, 0.25) is 0 Å². The summed E-state index contributed by atoms with van der Waals surface area (Å²) in [6, 6.07) is 14.1. The van der Waals surface area contributed by atoms with E-state index < -0.39 is 18.0 Å². The molecule has 0 radical (unpaired) electrons. The average Bonchev–Trinajstić information content (AvgIpc) is 3.45. The minimum atomic E-state index is -0.773. The molecule has 10 heteroatoms. The fourth-order valence-corrected chi connectivity index (χ4v) is 6.66. The molecule has 0 amide bonds. The second-order valence-corrected chi connectivity index (χ2v) is 11.2. The molecule has 0 unspecified atom stereocenters. The molecule has 0 spiro atoms. The summed E-state index contributed by atoms with van der Waals surface area (Å²) in [5.74, 6) is -0.376. The average molecular weight is 600 g/mol. The van der Waals surface area contributed by atoms with Crippen LogP contribution >= 0.6 is 11.3 Å². The first-order chi connectivity index (χ1) is 20.6. The number of carbonyl (C=O) groups excluding carboxylic acids is 2. The van der Waals surface area contributed by atoms with Gasteiger partial charge in [0.15, 0.2) is 4.80 Å². The number of hydrogen-bond acceptors (Lipinski definition) is 8. The number of benzene rings is 2. The lowest BCUT2D eigenvalue weighted by Crippen LogP contribution is -2.40. The summed E-state index contributed by atoms with van der Waals surface area (Å²) in [6.07, 6.45) is 1.85. The topological polar surface area (TPSA) is 101 Å². The Balaban J connectivity index is 1.70. The molecule has 222 valence electrons. The van der Waals surface area contributed by atoms with Crippen molar-refractivity contribution >= 4 is 29.4 Å². The maximum atomic E-state index is 14.1. The fraction of sp³-hybridized carbons (Fsp3) is 0.273. The Morgan fingerprint density at radius 1 is 1.02 bits per heavy atom. The quantitative estimate of drug-likeness (QED) is 0.294. The monoisotopic (exact) mass is 599 g/mol. The number of carbonyl (C=O) groups is 2. The molecule has 0 bridgehead atoms. The predicted octanol–water partition coefficient (Wildman–Crippen LogP) is 4.31. The first-order valence-electron chi connectivity index (χ1n) is 13.8. The maximum absolute atomic E-state index is 14.1. The summed E-state index contributed by atoms with van der Waals surface area (Å²) in [4.78, 5) is 44.8. The van der Waals surface area contributed by atoms with Gasteiger partial charge in [0.05, 0.1) is 42.2 Å². The van der Waals surface area contributed by atoms with E-state index in [1.807, 2.05) is 63.2 Å². The van der Waals surface area contributed by atoms with Gasteiger partial charge >= 0.3 is 11.9 Å². The lowest BCUT2D eigenvalue weighted by molar-refractivity contribution is -0.139. The van der Waals surface area contributed by atoms with Gasteiger partial charge < -0.3 is 18.8 Å². The van der Waals surface area contributed by atoms with Gasteiger partial charge in [-0.3, -0.25) is 9.36 Å². The van der Waals surface area contributed by atoms with E-state index in [1.165, 1.54) is 18.4 Å². The smallest absolute Gasteiger partial charge is 0.338 e. The summed E-state index contributed by atoms with van der Waals surface area (Å²) < 4.78 is 20.1. The van der Waals surface area contributed by atoms with Crippen molar-refractivity contribution in [2.45, 2.75) is 40.7 Å². The van der Waals surface area contributed by atoms with Crippen molar-refractivity contribution in [1.82, 2.24) is 9.13 Å². The summed E-state index contributed by atoms with van der Waals surface area (Å²) in [5, 5.41) is 0. The third-order valence-corrected chi connectivity index (χ3v) is 8.64. The van der Waals surface area contributed by atoms with Gasteiger partial charge in [-0.2, -0.15) is 0 Å². The predicted molar refractivity (Wildman–Crippen MR) is 165 cm³/mol. The van der Waals surface area contributed by atoms with Crippen molar-refractivity contribution in [1.29, 1.82) is 0 Å². The molecule has 0 saturated carbocycles. The van der Waals surface area contributed by atoms with E-state index in [2.05, 4.69) is 9.56 Å². The van der Waals surface area contributed by atoms with Gasteiger partial charge in [0, 0.05) is 22.6 Å². The second kappa shape index (κ2) is 11.9. The van der Waals surface area contributed by atoms with Crippen molar-refractivity contribution in [3.05, 3.63) is 113 Å². The number of aromatic nitrogens is 2. The van der Waals surface area contributed by atoms with Crippen LogP contribution in [0.5, 0.6) is 5.75 Å². The van der Waals surface area contributed by atoms with E-state index in [0.29, 0.717) is 37.5 Å². The van der Waals surface area contributed by atoms with Gasteiger partial charge in [-0.1, -0.05) is 35.6 Å². The number of esters is 2. The molecule has 1 aliphatic heterocycles. The Hall–Kier alpha value is -4.70. The van der Waals surface area contributed by atoms with Crippen LogP contribution in [0.3, 0.4) is 0 Å². The highest BCUT2D eigenvalue weighted by molar-refractivity contribution is 7.07. The zero-order chi connectivity index (χ0) is 31.0. The number of ether oxygens (including phenoxy) is 3. The molecule has 3 heterocycles. The highest BCUT2D eigenvalue weighted by Crippen LogP contribution is 2.35. The molecule has 9 nitrogen and oxygen atoms in total. The van der Waals surface area contributed by atoms with Crippen LogP contribution in [0, 0.1) is 20.8 Å². The zero-order valence-corrected chi connectivity index (χ0v) is 26.0. The summed E-state index contributed by atoms with van der Waals surface area (Å²) in [7, 11) is 2.92. The van der Waals surface area contributed by atoms with Gasteiger partial charge in [-0.25, -0.2) is 14.6 Å². The second-order valence-electron chi connectivity index (χ2n) is 10.1. The number of allylic oxidation sites excluding steroid dienone is 1. The SMILES string of the molecule is CCOC(=O)C1=C(C)N=c2s/c(=C/c3cc(C)n(-c4cccc(C(=O)OC)c4C)c3C)c(=O)n2[C@H]1c1ccccc1OC. The first-order valence-corrected chi connectivity index (χ1v) is 14.6.